The van der Waals surface area contributed by atoms with Crippen molar-refractivity contribution in [2.75, 3.05) is 13.2 Å². The summed E-state index contributed by atoms with van der Waals surface area (Å²) < 4.78 is 7.15. The van der Waals surface area contributed by atoms with E-state index in [0.29, 0.717) is 17.9 Å². The third-order valence-corrected chi connectivity index (χ3v) is 2.80. The SMILES string of the molecule is N#Cc1ccc(OCC(=O)NCCCn2cccn2)cc1. The summed E-state index contributed by atoms with van der Waals surface area (Å²) in [6.45, 7) is 1.31. The van der Waals surface area contributed by atoms with E-state index in [9.17, 15) is 4.79 Å². The molecule has 0 radical (unpaired) electrons. The molecule has 2 rings (SSSR count). The van der Waals surface area contributed by atoms with Crippen molar-refractivity contribution in [3.8, 4) is 11.8 Å². The standard InChI is InChI=1S/C15H16N4O2/c16-11-13-3-5-14(6-4-13)21-12-15(20)17-7-1-9-19-10-2-8-18-19/h2-6,8,10H,1,7,9,12H2,(H,17,20). The molecule has 0 saturated heterocycles. The molecule has 108 valence electrons. The van der Waals surface area contributed by atoms with Gasteiger partial charge in [-0.05, 0) is 36.8 Å². The van der Waals surface area contributed by atoms with Crippen LogP contribution in [0.1, 0.15) is 12.0 Å². The van der Waals surface area contributed by atoms with E-state index in [1.807, 2.05) is 23.0 Å². The number of nitrogens with one attached hydrogen (secondary N) is 1. The molecule has 1 heterocycles. The first-order chi connectivity index (χ1) is 10.3. The second-order valence-corrected chi connectivity index (χ2v) is 4.40. The maximum absolute atomic E-state index is 11.6. The fourth-order valence-corrected chi connectivity index (χ4v) is 1.73. The average molecular weight is 284 g/mol. The van der Waals surface area contributed by atoms with Crippen molar-refractivity contribution < 1.29 is 9.53 Å². The molecule has 21 heavy (non-hydrogen) atoms. The van der Waals surface area contributed by atoms with E-state index >= 15 is 0 Å². The minimum Gasteiger partial charge on any atom is -0.484 e. The second-order valence-electron chi connectivity index (χ2n) is 4.40. The Morgan fingerprint density at radius 1 is 1.38 bits per heavy atom. The Kier molecular flexibility index (Phi) is 5.35. The van der Waals surface area contributed by atoms with Gasteiger partial charge in [-0.1, -0.05) is 0 Å². The van der Waals surface area contributed by atoms with E-state index < -0.39 is 0 Å². The van der Waals surface area contributed by atoms with Crippen molar-refractivity contribution in [3.63, 3.8) is 0 Å². The van der Waals surface area contributed by atoms with Crippen molar-refractivity contribution in [3.05, 3.63) is 48.3 Å². The lowest BCUT2D eigenvalue weighted by Crippen LogP contribution is -2.30. The molecule has 0 fully saturated rings. The monoisotopic (exact) mass is 284 g/mol. The number of hydrogen-bond donors (Lipinski definition) is 1. The molecule has 0 unspecified atom stereocenters. The molecule has 1 aromatic heterocycles. The van der Waals surface area contributed by atoms with Crippen molar-refractivity contribution in [2.45, 2.75) is 13.0 Å². The summed E-state index contributed by atoms with van der Waals surface area (Å²) >= 11 is 0. The van der Waals surface area contributed by atoms with Crippen LogP contribution >= 0.6 is 0 Å². The quantitative estimate of drug-likeness (QED) is 0.778. The molecule has 1 aromatic carbocycles. The van der Waals surface area contributed by atoms with Gasteiger partial charge in [-0.2, -0.15) is 10.4 Å². The Labute approximate surface area is 123 Å². The van der Waals surface area contributed by atoms with E-state index in [0.717, 1.165) is 13.0 Å². The maximum atomic E-state index is 11.6. The molecule has 0 spiro atoms. The Morgan fingerprint density at radius 2 is 2.19 bits per heavy atom. The Hall–Kier alpha value is -2.81. The van der Waals surface area contributed by atoms with Crippen LogP contribution in [0, 0.1) is 11.3 Å². The lowest BCUT2D eigenvalue weighted by Gasteiger charge is -2.07. The highest BCUT2D eigenvalue weighted by Gasteiger charge is 2.02. The van der Waals surface area contributed by atoms with Crippen LogP contribution in [-0.2, 0) is 11.3 Å². The summed E-state index contributed by atoms with van der Waals surface area (Å²) in [6.07, 6.45) is 4.42. The largest absolute Gasteiger partial charge is 0.484 e. The highest BCUT2D eigenvalue weighted by molar-refractivity contribution is 5.77. The van der Waals surface area contributed by atoms with Gasteiger partial charge in [-0.25, -0.2) is 0 Å². The Morgan fingerprint density at radius 3 is 2.86 bits per heavy atom. The molecule has 0 aliphatic carbocycles. The highest BCUT2D eigenvalue weighted by atomic mass is 16.5. The number of amides is 1. The smallest absolute Gasteiger partial charge is 0.257 e. The first-order valence-corrected chi connectivity index (χ1v) is 6.65. The van der Waals surface area contributed by atoms with Gasteiger partial charge < -0.3 is 10.1 Å². The zero-order valence-corrected chi connectivity index (χ0v) is 11.5. The van der Waals surface area contributed by atoms with Crippen LogP contribution < -0.4 is 10.1 Å². The number of carbonyl (C=O) groups is 1. The fraction of sp³-hybridized carbons (Fsp3) is 0.267. The van der Waals surface area contributed by atoms with Crippen molar-refractivity contribution in [1.29, 1.82) is 5.26 Å². The van der Waals surface area contributed by atoms with E-state index in [-0.39, 0.29) is 12.5 Å². The van der Waals surface area contributed by atoms with Gasteiger partial charge in [-0.3, -0.25) is 9.48 Å². The van der Waals surface area contributed by atoms with Gasteiger partial charge in [0.15, 0.2) is 6.61 Å². The summed E-state index contributed by atoms with van der Waals surface area (Å²) in [5.74, 6) is 0.403. The number of nitrogens with zero attached hydrogens (tertiary/aromatic N) is 3. The molecular weight excluding hydrogens is 268 g/mol. The Bertz CT molecular complexity index is 600. The van der Waals surface area contributed by atoms with Gasteiger partial charge in [-0.15, -0.1) is 0 Å². The van der Waals surface area contributed by atoms with E-state index in [1.165, 1.54) is 0 Å². The van der Waals surface area contributed by atoms with Gasteiger partial charge in [0.05, 0.1) is 11.6 Å². The minimum absolute atomic E-state index is 0.0341. The number of benzene rings is 1. The first-order valence-electron chi connectivity index (χ1n) is 6.65. The maximum Gasteiger partial charge on any atom is 0.257 e. The lowest BCUT2D eigenvalue weighted by atomic mass is 10.2. The third-order valence-electron chi connectivity index (χ3n) is 2.80. The molecule has 0 aliphatic heterocycles. The van der Waals surface area contributed by atoms with Crippen molar-refractivity contribution in [1.82, 2.24) is 15.1 Å². The normalized spacial score (nSPS) is 9.86. The van der Waals surface area contributed by atoms with Crippen LogP contribution in [0.3, 0.4) is 0 Å². The number of aryl methyl sites for hydroxylation is 1. The number of rotatable bonds is 7. The molecule has 0 saturated carbocycles. The van der Waals surface area contributed by atoms with Gasteiger partial charge in [0.1, 0.15) is 5.75 Å². The van der Waals surface area contributed by atoms with Crippen LogP contribution in [0.2, 0.25) is 0 Å². The molecule has 6 nitrogen and oxygen atoms in total. The summed E-state index contributed by atoms with van der Waals surface area (Å²) in [6, 6.07) is 10.5. The molecule has 2 aromatic rings. The van der Waals surface area contributed by atoms with Gasteiger partial charge >= 0.3 is 0 Å². The van der Waals surface area contributed by atoms with Gasteiger partial charge in [0.2, 0.25) is 0 Å². The predicted molar refractivity (Wildman–Crippen MR) is 76.5 cm³/mol. The van der Waals surface area contributed by atoms with E-state index in [4.69, 9.17) is 10.00 Å². The molecule has 1 N–H and O–H groups in total. The lowest BCUT2D eigenvalue weighted by molar-refractivity contribution is -0.123. The van der Waals surface area contributed by atoms with Gasteiger partial charge in [0.25, 0.3) is 5.91 Å². The topological polar surface area (TPSA) is 79.9 Å². The second kappa shape index (κ2) is 7.70. The van der Waals surface area contributed by atoms with Crippen molar-refractivity contribution >= 4 is 5.91 Å². The molecule has 0 bridgehead atoms. The zero-order valence-electron chi connectivity index (χ0n) is 11.5. The van der Waals surface area contributed by atoms with E-state index in [2.05, 4.69) is 10.4 Å². The van der Waals surface area contributed by atoms with Gasteiger partial charge in [0, 0.05) is 25.5 Å². The van der Waals surface area contributed by atoms with Crippen LogP contribution in [-0.4, -0.2) is 28.8 Å². The number of hydrogen-bond acceptors (Lipinski definition) is 4. The molecule has 1 amide bonds. The summed E-state index contributed by atoms with van der Waals surface area (Å²) in [5, 5.41) is 15.5. The summed E-state index contributed by atoms with van der Waals surface area (Å²) in [4.78, 5) is 11.6. The van der Waals surface area contributed by atoms with Crippen molar-refractivity contribution in [2.24, 2.45) is 0 Å². The third kappa shape index (κ3) is 4.99. The number of nitriles is 1. The summed E-state index contributed by atoms with van der Waals surface area (Å²) in [7, 11) is 0. The first kappa shape index (κ1) is 14.6. The summed E-state index contributed by atoms with van der Waals surface area (Å²) in [5.41, 5.74) is 0.561. The Balaban J connectivity index is 1.61. The average Bonchev–Trinajstić information content (AvgIpc) is 3.03. The number of aromatic nitrogens is 2. The zero-order chi connectivity index (χ0) is 14.9. The number of ether oxygens (including phenoxy) is 1. The predicted octanol–water partition coefficient (Wildman–Crippen LogP) is 1.34. The fourth-order valence-electron chi connectivity index (χ4n) is 1.73. The van der Waals surface area contributed by atoms with Crippen LogP contribution in [0.5, 0.6) is 5.75 Å². The van der Waals surface area contributed by atoms with E-state index in [1.54, 1.807) is 30.5 Å². The highest BCUT2D eigenvalue weighted by Crippen LogP contribution is 2.11. The van der Waals surface area contributed by atoms with Crippen LogP contribution in [0.25, 0.3) is 0 Å². The minimum atomic E-state index is -0.167. The molecular formula is C15H16N4O2. The molecule has 6 heteroatoms. The molecule has 0 aliphatic rings. The number of carbonyl (C=O) groups excluding carboxylic acids is 1. The van der Waals surface area contributed by atoms with Crippen LogP contribution in [0.15, 0.2) is 42.7 Å². The van der Waals surface area contributed by atoms with Crippen LogP contribution in [0.4, 0.5) is 0 Å². The molecule has 0 atom stereocenters.